The number of rotatable bonds is 2. The largest absolute Gasteiger partial charge is 0.393 e. The Morgan fingerprint density at radius 3 is 2.27 bits per heavy atom. The van der Waals surface area contributed by atoms with E-state index in [-0.39, 0.29) is 6.10 Å². The molecule has 0 aromatic carbocycles. The van der Waals surface area contributed by atoms with Gasteiger partial charge in [0.15, 0.2) is 0 Å². The molecular formula is C8H16OS2. The molecule has 11 heavy (non-hydrogen) atoms. The molecule has 0 bridgehead atoms. The van der Waals surface area contributed by atoms with E-state index >= 15 is 0 Å². The molecule has 0 aromatic heterocycles. The zero-order valence-electron chi connectivity index (χ0n) is 7.12. The van der Waals surface area contributed by atoms with Crippen LogP contribution >= 0.6 is 23.5 Å². The summed E-state index contributed by atoms with van der Waals surface area (Å²) in [6.45, 7) is 4.03. The van der Waals surface area contributed by atoms with Crippen LogP contribution in [-0.4, -0.2) is 27.3 Å². The van der Waals surface area contributed by atoms with Gasteiger partial charge < -0.3 is 5.11 Å². The van der Waals surface area contributed by atoms with Crippen LogP contribution in [0.25, 0.3) is 0 Å². The summed E-state index contributed by atoms with van der Waals surface area (Å²) in [5.74, 6) is 2.98. The molecule has 1 aliphatic heterocycles. The molecule has 1 fully saturated rings. The quantitative estimate of drug-likeness (QED) is 0.724. The van der Waals surface area contributed by atoms with E-state index in [0.717, 1.165) is 0 Å². The van der Waals surface area contributed by atoms with E-state index in [2.05, 4.69) is 6.92 Å². The van der Waals surface area contributed by atoms with Crippen molar-refractivity contribution >= 4 is 23.5 Å². The molecule has 0 amide bonds. The normalized spacial score (nSPS) is 26.5. The molecule has 1 saturated heterocycles. The molecule has 1 N–H and O–H groups in total. The molecule has 66 valence electrons. The van der Waals surface area contributed by atoms with Gasteiger partial charge in [0.05, 0.1) is 10.7 Å². The minimum Gasteiger partial charge on any atom is -0.393 e. The van der Waals surface area contributed by atoms with Crippen LogP contribution in [0.1, 0.15) is 20.3 Å². The fraction of sp³-hybridized carbons (Fsp3) is 1.00. The first kappa shape index (κ1) is 9.75. The SMILES string of the molecule is C[C@H](O)[C@@H](C)C1SCCCS1. The predicted octanol–water partition coefficient (Wildman–Crippen LogP) is 2.20. The van der Waals surface area contributed by atoms with Crippen molar-refractivity contribution in [2.75, 3.05) is 11.5 Å². The molecular weight excluding hydrogens is 176 g/mol. The van der Waals surface area contributed by atoms with Gasteiger partial charge in [0.1, 0.15) is 0 Å². The second-order valence-electron chi connectivity index (χ2n) is 3.06. The van der Waals surface area contributed by atoms with Crippen LogP contribution in [-0.2, 0) is 0 Å². The average molecular weight is 192 g/mol. The molecule has 3 heteroatoms. The fourth-order valence-corrected chi connectivity index (χ4v) is 4.33. The van der Waals surface area contributed by atoms with E-state index in [1.165, 1.54) is 17.9 Å². The molecule has 0 unspecified atom stereocenters. The highest BCUT2D eigenvalue weighted by Gasteiger charge is 2.24. The van der Waals surface area contributed by atoms with E-state index in [4.69, 9.17) is 0 Å². The van der Waals surface area contributed by atoms with Crippen molar-refractivity contribution < 1.29 is 5.11 Å². The highest BCUT2D eigenvalue weighted by Crippen LogP contribution is 2.36. The molecule has 0 aliphatic carbocycles. The first-order chi connectivity index (χ1) is 5.22. The predicted molar refractivity (Wildman–Crippen MR) is 54.2 cm³/mol. The first-order valence-electron chi connectivity index (χ1n) is 4.13. The minimum atomic E-state index is -0.155. The van der Waals surface area contributed by atoms with Gasteiger partial charge in [-0.2, -0.15) is 0 Å². The van der Waals surface area contributed by atoms with E-state index in [1.54, 1.807) is 0 Å². The minimum absolute atomic E-state index is 0.155. The maximum atomic E-state index is 9.35. The Hall–Kier alpha value is 0.660. The lowest BCUT2D eigenvalue weighted by molar-refractivity contribution is 0.143. The van der Waals surface area contributed by atoms with Crippen molar-refractivity contribution in [1.29, 1.82) is 0 Å². The van der Waals surface area contributed by atoms with Crippen LogP contribution in [0.2, 0.25) is 0 Å². The summed E-state index contributed by atoms with van der Waals surface area (Å²) < 4.78 is 0.628. The molecule has 1 nitrogen and oxygen atoms in total. The lowest BCUT2D eigenvalue weighted by atomic mass is 10.1. The summed E-state index contributed by atoms with van der Waals surface area (Å²) >= 11 is 4.01. The first-order valence-corrected chi connectivity index (χ1v) is 6.23. The summed E-state index contributed by atoms with van der Waals surface area (Å²) in [6, 6.07) is 0. The molecule has 1 heterocycles. The highest BCUT2D eigenvalue weighted by molar-refractivity contribution is 8.17. The van der Waals surface area contributed by atoms with Crippen molar-refractivity contribution in [3.63, 3.8) is 0 Å². The Morgan fingerprint density at radius 1 is 1.27 bits per heavy atom. The number of aliphatic hydroxyl groups excluding tert-OH is 1. The standard InChI is InChI=1S/C8H16OS2/c1-6(7(2)9)8-10-4-3-5-11-8/h6-9H,3-5H2,1-2H3/t6-,7+/m1/s1. The summed E-state index contributed by atoms with van der Waals surface area (Å²) in [4.78, 5) is 0. The van der Waals surface area contributed by atoms with Crippen molar-refractivity contribution in [3.8, 4) is 0 Å². The molecule has 0 aromatic rings. The number of thioether (sulfide) groups is 2. The van der Waals surface area contributed by atoms with Gasteiger partial charge in [-0.05, 0) is 24.9 Å². The number of aliphatic hydroxyl groups is 1. The van der Waals surface area contributed by atoms with Crippen LogP contribution in [0.5, 0.6) is 0 Å². The van der Waals surface area contributed by atoms with Gasteiger partial charge in [-0.25, -0.2) is 0 Å². The lowest BCUT2D eigenvalue weighted by Gasteiger charge is -2.28. The van der Waals surface area contributed by atoms with Gasteiger partial charge in [0, 0.05) is 5.92 Å². The second-order valence-corrected chi connectivity index (χ2v) is 5.86. The Bertz CT molecular complexity index is 111. The Kier molecular flexibility index (Phi) is 4.10. The van der Waals surface area contributed by atoms with Crippen LogP contribution in [0.4, 0.5) is 0 Å². The van der Waals surface area contributed by atoms with Gasteiger partial charge in [-0.3, -0.25) is 0 Å². The Balaban J connectivity index is 2.32. The molecule has 2 atom stereocenters. The van der Waals surface area contributed by atoms with Gasteiger partial charge in [-0.15, -0.1) is 23.5 Å². The molecule has 0 spiro atoms. The third-order valence-electron chi connectivity index (χ3n) is 2.04. The monoisotopic (exact) mass is 192 g/mol. The van der Waals surface area contributed by atoms with Gasteiger partial charge >= 0.3 is 0 Å². The fourth-order valence-electron chi connectivity index (χ4n) is 1.04. The average Bonchev–Trinajstić information content (AvgIpc) is 2.05. The van der Waals surface area contributed by atoms with Gasteiger partial charge in [0.25, 0.3) is 0 Å². The van der Waals surface area contributed by atoms with E-state index in [9.17, 15) is 5.11 Å². The van der Waals surface area contributed by atoms with Gasteiger partial charge in [-0.1, -0.05) is 6.92 Å². The zero-order valence-corrected chi connectivity index (χ0v) is 8.75. The highest BCUT2D eigenvalue weighted by atomic mass is 32.2. The third kappa shape index (κ3) is 2.88. The van der Waals surface area contributed by atoms with Crippen LogP contribution < -0.4 is 0 Å². The number of hydrogen-bond donors (Lipinski definition) is 1. The smallest absolute Gasteiger partial charge is 0.0556 e. The molecule has 1 rings (SSSR count). The third-order valence-corrected chi connectivity index (χ3v) is 5.42. The summed E-state index contributed by atoms with van der Waals surface area (Å²) in [7, 11) is 0. The molecule has 0 saturated carbocycles. The Morgan fingerprint density at radius 2 is 1.82 bits per heavy atom. The maximum Gasteiger partial charge on any atom is 0.0556 e. The van der Waals surface area contributed by atoms with E-state index in [1.807, 2.05) is 30.4 Å². The van der Waals surface area contributed by atoms with Crippen molar-refractivity contribution in [1.82, 2.24) is 0 Å². The van der Waals surface area contributed by atoms with Gasteiger partial charge in [0.2, 0.25) is 0 Å². The second kappa shape index (κ2) is 4.63. The zero-order chi connectivity index (χ0) is 8.27. The molecule has 1 aliphatic rings. The summed E-state index contributed by atoms with van der Waals surface area (Å²) in [5, 5.41) is 9.35. The van der Waals surface area contributed by atoms with E-state index in [0.29, 0.717) is 10.5 Å². The number of hydrogen-bond acceptors (Lipinski definition) is 3. The summed E-state index contributed by atoms with van der Waals surface area (Å²) in [6.07, 6.45) is 1.18. The van der Waals surface area contributed by atoms with Crippen LogP contribution in [0, 0.1) is 5.92 Å². The topological polar surface area (TPSA) is 20.2 Å². The van der Waals surface area contributed by atoms with Crippen molar-refractivity contribution in [3.05, 3.63) is 0 Å². The molecule has 0 radical (unpaired) electrons. The maximum absolute atomic E-state index is 9.35. The van der Waals surface area contributed by atoms with Crippen LogP contribution in [0.15, 0.2) is 0 Å². The Labute approximate surface area is 77.3 Å². The summed E-state index contributed by atoms with van der Waals surface area (Å²) in [5.41, 5.74) is 0. The van der Waals surface area contributed by atoms with Crippen molar-refractivity contribution in [2.45, 2.75) is 31.0 Å². The van der Waals surface area contributed by atoms with Crippen LogP contribution in [0.3, 0.4) is 0 Å². The van der Waals surface area contributed by atoms with Crippen molar-refractivity contribution in [2.24, 2.45) is 5.92 Å². The lowest BCUT2D eigenvalue weighted by Crippen LogP contribution is -2.25. The van der Waals surface area contributed by atoms with E-state index < -0.39 is 0 Å².